The van der Waals surface area contributed by atoms with Crippen molar-refractivity contribution in [3.8, 4) is 0 Å². The van der Waals surface area contributed by atoms with Gasteiger partial charge in [0.15, 0.2) is 11.6 Å². The summed E-state index contributed by atoms with van der Waals surface area (Å²) in [7, 11) is 0. The van der Waals surface area contributed by atoms with Crippen molar-refractivity contribution in [2.24, 2.45) is 11.8 Å². The number of allylic oxidation sites excluding steroid dienone is 2. The van der Waals surface area contributed by atoms with Gasteiger partial charge in [0.1, 0.15) is 0 Å². The molecule has 1 aromatic carbocycles. The lowest BCUT2D eigenvalue weighted by molar-refractivity contribution is 0.296. The number of halogens is 2. The second-order valence-electron chi connectivity index (χ2n) is 9.69. The normalized spacial score (nSPS) is 27.3. The molecule has 0 bridgehead atoms. The predicted molar refractivity (Wildman–Crippen MR) is 119 cm³/mol. The topological polar surface area (TPSA) is 0 Å². The van der Waals surface area contributed by atoms with Gasteiger partial charge in [0, 0.05) is 5.92 Å². The molecule has 1 fully saturated rings. The average molecular weight is 403 g/mol. The van der Waals surface area contributed by atoms with Crippen LogP contribution in [0.15, 0.2) is 24.3 Å². The van der Waals surface area contributed by atoms with Gasteiger partial charge in [-0.2, -0.15) is 0 Å². The minimum Gasteiger partial charge on any atom is -0.203 e. The smallest absolute Gasteiger partial charge is 0.162 e. The first-order valence-corrected chi connectivity index (χ1v) is 12.3. The molecule has 0 amide bonds. The van der Waals surface area contributed by atoms with Gasteiger partial charge in [-0.3, -0.25) is 0 Å². The Morgan fingerprint density at radius 2 is 1.41 bits per heavy atom. The van der Waals surface area contributed by atoms with Crippen LogP contribution in [0.3, 0.4) is 0 Å². The Labute approximate surface area is 177 Å². The Morgan fingerprint density at radius 1 is 0.759 bits per heavy atom. The molecule has 1 saturated carbocycles. The molecule has 2 unspecified atom stereocenters. The average Bonchev–Trinajstić information content (AvgIpc) is 2.74. The van der Waals surface area contributed by atoms with Crippen LogP contribution in [0.2, 0.25) is 0 Å². The van der Waals surface area contributed by atoms with Gasteiger partial charge in [-0.15, -0.1) is 0 Å². The van der Waals surface area contributed by atoms with Crippen LogP contribution in [0.1, 0.15) is 120 Å². The van der Waals surface area contributed by atoms with Gasteiger partial charge in [0.25, 0.3) is 0 Å². The highest BCUT2D eigenvalue weighted by Gasteiger charge is 2.27. The highest BCUT2D eigenvalue weighted by Crippen LogP contribution is 2.41. The van der Waals surface area contributed by atoms with Gasteiger partial charge in [-0.05, 0) is 67.4 Å². The summed E-state index contributed by atoms with van der Waals surface area (Å²) in [6, 6.07) is 3.75. The number of rotatable bonds is 9. The second-order valence-corrected chi connectivity index (χ2v) is 9.69. The van der Waals surface area contributed by atoms with E-state index in [4.69, 9.17) is 0 Å². The molecule has 0 heterocycles. The molecule has 0 N–H and O–H groups in total. The summed E-state index contributed by atoms with van der Waals surface area (Å²) in [6.07, 6.45) is 20.0. The van der Waals surface area contributed by atoms with E-state index in [1.54, 1.807) is 0 Å². The molecule has 2 aliphatic carbocycles. The summed E-state index contributed by atoms with van der Waals surface area (Å²) >= 11 is 0. The summed E-state index contributed by atoms with van der Waals surface area (Å²) in [5.41, 5.74) is 1.17. The zero-order valence-corrected chi connectivity index (χ0v) is 18.6. The maximum absolute atomic E-state index is 14.9. The summed E-state index contributed by atoms with van der Waals surface area (Å²) in [5, 5.41) is 0. The Bertz CT molecular complexity index is 655. The van der Waals surface area contributed by atoms with Crippen LogP contribution in [0.5, 0.6) is 0 Å². The first-order valence-electron chi connectivity index (χ1n) is 12.3. The molecule has 0 nitrogen and oxygen atoms in total. The third-order valence-corrected chi connectivity index (χ3v) is 7.40. The Hall–Kier alpha value is -1.18. The van der Waals surface area contributed by atoms with E-state index in [1.165, 1.54) is 57.8 Å². The first-order chi connectivity index (χ1) is 14.1. The van der Waals surface area contributed by atoms with E-state index in [1.807, 2.05) is 12.1 Å². The molecule has 29 heavy (non-hydrogen) atoms. The van der Waals surface area contributed by atoms with Crippen molar-refractivity contribution in [2.75, 3.05) is 0 Å². The molecular formula is C27H40F2. The molecule has 0 aliphatic heterocycles. The number of hydrogen-bond donors (Lipinski definition) is 0. The molecule has 2 atom stereocenters. The van der Waals surface area contributed by atoms with Gasteiger partial charge in [-0.25, -0.2) is 8.78 Å². The Kier molecular flexibility index (Phi) is 8.75. The van der Waals surface area contributed by atoms with Crippen LogP contribution in [0.4, 0.5) is 8.78 Å². The first kappa shape index (κ1) is 22.5. The summed E-state index contributed by atoms with van der Waals surface area (Å²) in [4.78, 5) is 0. The van der Waals surface area contributed by atoms with Crippen molar-refractivity contribution in [3.05, 3.63) is 47.0 Å². The van der Waals surface area contributed by atoms with Gasteiger partial charge in [0.05, 0.1) is 0 Å². The number of unbranched alkanes of at least 4 members (excludes halogenated alkanes) is 5. The van der Waals surface area contributed by atoms with Crippen LogP contribution in [0, 0.1) is 23.5 Å². The van der Waals surface area contributed by atoms with Gasteiger partial charge >= 0.3 is 0 Å². The van der Waals surface area contributed by atoms with E-state index in [2.05, 4.69) is 26.0 Å². The molecule has 0 spiro atoms. The number of hydrogen-bond acceptors (Lipinski definition) is 0. The molecular weight excluding hydrogens is 362 g/mol. The van der Waals surface area contributed by atoms with Crippen LogP contribution in [-0.2, 0) is 0 Å². The van der Waals surface area contributed by atoms with Gasteiger partial charge < -0.3 is 0 Å². The highest BCUT2D eigenvalue weighted by molar-refractivity contribution is 5.34. The summed E-state index contributed by atoms with van der Waals surface area (Å²) in [6.45, 7) is 4.43. The molecule has 0 aromatic heterocycles. The van der Waals surface area contributed by atoms with Crippen molar-refractivity contribution in [1.82, 2.24) is 0 Å². The molecule has 1 aromatic rings. The van der Waals surface area contributed by atoms with E-state index in [0.29, 0.717) is 17.0 Å². The lowest BCUT2D eigenvalue weighted by Crippen LogP contribution is -2.16. The molecule has 2 heteroatoms. The van der Waals surface area contributed by atoms with E-state index in [-0.39, 0.29) is 11.8 Å². The largest absolute Gasteiger partial charge is 0.203 e. The van der Waals surface area contributed by atoms with E-state index >= 15 is 0 Å². The quantitative estimate of drug-likeness (QED) is 0.285. The fourth-order valence-electron chi connectivity index (χ4n) is 5.37. The lowest BCUT2D eigenvalue weighted by atomic mass is 9.76. The van der Waals surface area contributed by atoms with Crippen molar-refractivity contribution in [1.29, 1.82) is 0 Å². The van der Waals surface area contributed by atoms with Crippen LogP contribution in [-0.4, -0.2) is 0 Å². The fraction of sp³-hybridized carbons (Fsp3) is 0.704. The van der Waals surface area contributed by atoms with Crippen LogP contribution >= 0.6 is 0 Å². The standard InChI is InChI=1S/C27H40F2/c1-3-4-5-6-7-8-9-21-12-16-23(17-13-21)25-19-18-24(26(28)27(25)29)22-14-10-20(2)11-15-22/h10,14,18-23H,3-9,11-13,15-17H2,1-2H3. The Morgan fingerprint density at radius 3 is 2.10 bits per heavy atom. The maximum atomic E-state index is 14.9. The number of benzene rings is 1. The van der Waals surface area contributed by atoms with Gasteiger partial charge in [0.2, 0.25) is 0 Å². The van der Waals surface area contributed by atoms with Crippen molar-refractivity contribution >= 4 is 0 Å². The SMILES string of the molecule is CCCCCCCCC1CCC(c2ccc(C3C=CC(C)CC3)c(F)c2F)CC1. The fourth-order valence-corrected chi connectivity index (χ4v) is 5.37. The van der Waals surface area contributed by atoms with Crippen molar-refractivity contribution in [3.63, 3.8) is 0 Å². The zero-order valence-electron chi connectivity index (χ0n) is 18.6. The summed E-state index contributed by atoms with van der Waals surface area (Å²) < 4.78 is 29.8. The third-order valence-electron chi connectivity index (χ3n) is 7.40. The minimum atomic E-state index is -0.596. The van der Waals surface area contributed by atoms with E-state index in [9.17, 15) is 8.78 Å². The molecule has 162 valence electrons. The van der Waals surface area contributed by atoms with Gasteiger partial charge in [-0.1, -0.05) is 83.1 Å². The zero-order chi connectivity index (χ0) is 20.6. The monoisotopic (exact) mass is 402 g/mol. The van der Waals surface area contributed by atoms with Crippen LogP contribution in [0.25, 0.3) is 0 Å². The predicted octanol–water partition coefficient (Wildman–Crippen LogP) is 9.06. The Balaban J connectivity index is 1.50. The maximum Gasteiger partial charge on any atom is 0.162 e. The van der Waals surface area contributed by atoms with Crippen molar-refractivity contribution in [2.45, 2.75) is 109 Å². The van der Waals surface area contributed by atoms with E-state index in [0.717, 1.165) is 31.6 Å². The second kappa shape index (κ2) is 11.3. The molecule has 2 aliphatic rings. The van der Waals surface area contributed by atoms with Crippen molar-refractivity contribution < 1.29 is 8.78 Å². The highest BCUT2D eigenvalue weighted by atomic mass is 19.2. The molecule has 3 rings (SSSR count). The molecule has 0 radical (unpaired) electrons. The molecule has 0 saturated heterocycles. The minimum absolute atomic E-state index is 0.0304. The van der Waals surface area contributed by atoms with Crippen LogP contribution < -0.4 is 0 Å². The lowest BCUT2D eigenvalue weighted by Gasteiger charge is -2.29. The summed E-state index contributed by atoms with van der Waals surface area (Å²) in [5.74, 6) is 0.391. The van der Waals surface area contributed by atoms with E-state index < -0.39 is 11.6 Å². The third kappa shape index (κ3) is 6.15.